The zero-order valence-electron chi connectivity index (χ0n) is 9.45. The Labute approximate surface area is 89.6 Å². The average Bonchev–Trinajstić information content (AvgIpc) is 2.47. The predicted molar refractivity (Wildman–Crippen MR) is 55.1 cm³/mol. The second-order valence-corrected chi connectivity index (χ2v) is 4.81. The zero-order chi connectivity index (χ0) is 11.6. The molecule has 1 saturated heterocycles. The lowest BCUT2D eigenvalue weighted by atomic mass is 10.1. The lowest BCUT2D eigenvalue weighted by Gasteiger charge is -2.24. The fraction of sp³-hybridized carbons (Fsp3) is 0.800. The Kier molecular flexibility index (Phi) is 3.21. The van der Waals surface area contributed by atoms with Crippen molar-refractivity contribution < 1.29 is 14.3 Å². The van der Waals surface area contributed by atoms with Crippen molar-refractivity contribution in [1.82, 2.24) is 4.90 Å². The first-order chi connectivity index (χ1) is 6.79. The van der Waals surface area contributed by atoms with Gasteiger partial charge in [-0.3, -0.25) is 4.79 Å². The lowest BCUT2D eigenvalue weighted by molar-refractivity contribution is -0.121. The second-order valence-electron chi connectivity index (χ2n) is 4.81. The summed E-state index contributed by atoms with van der Waals surface area (Å²) < 4.78 is 5.18. The van der Waals surface area contributed by atoms with Gasteiger partial charge in [-0.15, -0.1) is 0 Å². The predicted octanol–water partition coefficient (Wildman–Crippen LogP) is 0.729. The molecule has 0 saturated carbocycles. The first-order valence-electron chi connectivity index (χ1n) is 5.07. The summed E-state index contributed by atoms with van der Waals surface area (Å²) in [5.74, 6) is -0.571. The number of hydrogen-bond donors (Lipinski definition) is 1. The van der Waals surface area contributed by atoms with E-state index in [9.17, 15) is 9.59 Å². The van der Waals surface area contributed by atoms with E-state index in [-0.39, 0.29) is 17.9 Å². The van der Waals surface area contributed by atoms with Crippen molar-refractivity contribution >= 4 is 12.0 Å². The van der Waals surface area contributed by atoms with Gasteiger partial charge in [-0.2, -0.15) is 0 Å². The summed E-state index contributed by atoms with van der Waals surface area (Å²) in [5.41, 5.74) is 4.67. The zero-order valence-corrected chi connectivity index (χ0v) is 9.45. The van der Waals surface area contributed by atoms with Gasteiger partial charge in [0.2, 0.25) is 5.91 Å². The van der Waals surface area contributed by atoms with Crippen LogP contribution in [0.2, 0.25) is 0 Å². The normalized spacial score (nSPS) is 21.5. The first kappa shape index (κ1) is 11.8. The summed E-state index contributed by atoms with van der Waals surface area (Å²) in [6, 6.07) is 0. The number of hydrogen-bond acceptors (Lipinski definition) is 3. The Morgan fingerprint density at radius 3 is 2.40 bits per heavy atom. The maximum absolute atomic E-state index is 11.6. The van der Waals surface area contributed by atoms with E-state index in [1.807, 2.05) is 20.8 Å². The largest absolute Gasteiger partial charge is 0.444 e. The molecule has 2 amide bonds. The number of carbonyl (C=O) groups is 2. The van der Waals surface area contributed by atoms with Crippen LogP contribution in [0, 0.1) is 5.92 Å². The number of primary amides is 1. The molecule has 15 heavy (non-hydrogen) atoms. The van der Waals surface area contributed by atoms with Gasteiger partial charge in [0.15, 0.2) is 0 Å². The minimum absolute atomic E-state index is 0.225. The molecule has 1 unspecified atom stereocenters. The molecule has 86 valence electrons. The fourth-order valence-electron chi connectivity index (χ4n) is 1.48. The van der Waals surface area contributed by atoms with Gasteiger partial charge in [0, 0.05) is 13.1 Å². The monoisotopic (exact) mass is 214 g/mol. The highest BCUT2D eigenvalue weighted by Gasteiger charge is 2.32. The maximum atomic E-state index is 11.6. The highest BCUT2D eigenvalue weighted by molar-refractivity contribution is 5.78. The van der Waals surface area contributed by atoms with Gasteiger partial charge in [-0.25, -0.2) is 4.79 Å². The van der Waals surface area contributed by atoms with E-state index in [0.717, 1.165) is 0 Å². The van der Waals surface area contributed by atoms with Crippen LogP contribution in [-0.2, 0) is 9.53 Å². The number of carbonyl (C=O) groups excluding carboxylic acids is 2. The SMILES string of the molecule is CC(C)(C)OC(=O)N1CCC(C(N)=O)C1. The highest BCUT2D eigenvalue weighted by Crippen LogP contribution is 2.18. The number of rotatable bonds is 1. The van der Waals surface area contributed by atoms with Crippen molar-refractivity contribution in [2.75, 3.05) is 13.1 Å². The molecule has 2 N–H and O–H groups in total. The van der Waals surface area contributed by atoms with Crippen molar-refractivity contribution in [3.05, 3.63) is 0 Å². The van der Waals surface area contributed by atoms with E-state index in [4.69, 9.17) is 10.5 Å². The Morgan fingerprint density at radius 2 is 2.00 bits per heavy atom. The lowest BCUT2D eigenvalue weighted by Crippen LogP contribution is -2.36. The van der Waals surface area contributed by atoms with E-state index in [1.165, 1.54) is 4.90 Å². The Morgan fingerprint density at radius 1 is 1.40 bits per heavy atom. The number of nitrogens with zero attached hydrogens (tertiary/aromatic N) is 1. The fourth-order valence-corrected chi connectivity index (χ4v) is 1.48. The van der Waals surface area contributed by atoms with Crippen LogP contribution in [0.4, 0.5) is 4.79 Å². The molecule has 1 atom stereocenters. The highest BCUT2D eigenvalue weighted by atomic mass is 16.6. The minimum atomic E-state index is -0.498. The quantitative estimate of drug-likeness (QED) is 0.699. The first-order valence-corrected chi connectivity index (χ1v) is 5.07. The Bertz CT molecular complexity index is 270. The van der Waals surface area contributed by atoms with E-state index in [2.05, 4.69) is 0 Å². The standard InChI is InChI=1S/C10H18N2O3/c1-10(2,3)15-9(14)12-5-4-7(6-12)8(11)13/h7H,4-6H2,1-3H3,(H2,11,13). The van der Waals surface area contributed by atoms with Gasteiger partial charge in [-0.05, 0) is 27.2 Å². The molecule has 0 bridgehead atoms. The van der Waals surface area contributed by atoms with Gasteiger partial charge in [0.1, 0.15) is 5.60 Å². The molecule has 1 aliphatic rings. The van der Waals surface area contributed by atoms with Crippen molar-refractivity contribution in [3.63, 3.8) is 0 Å². The third kappa shape index (κ3) is 3.42. The summed E-state index contributed by atoms with van der Waals surface area (Å²) in [7, 11) is 0. The summed E-state index contributed by atoms with van der Waals surface area (Å²) in [5, 5.41) is 0. The second kappa shape index (κ2) is 4.08. The van der Waals surface area contributed by atoms with Crippen LogP contribution in [-0.4, -0.2) is 35.6 Å². The van der Waals surface area contributed by atoms with Crippen molar-refractivity contribution in [2.24, 2.45) is 11.7 Å². The summed E-state index contributed by atoms with van der Waals surface area (Å²) in [6.45, 7) is 6.36. The summed E-state index contributed by atoms with van der Waals surface area (Å²) in [6.07, 6.45) is 0.264. The average molecular weight is 214 g/mol. The van der Waals surface area contributed by atoms with Crippen LogP contribution in [0.5, 0.6) is 0 Å². The molecule has 0 spiro atoms. The molecular formula is C10H18N2O3. The van der Waals surface area contributed by atoms with E-state index < -0.39 is 5.60 Å². The van der Waals surface area contributed by atoms with Gasteiger partial charge in [0.25, 0.3) is 0 Å². The Balaban J connectivity index is 2.47. The van der Waals surface area contributed by atoms with Gasteiger partial charge in [-0.1, -0.05) is 0 Å². The van der Waals surface area contributed by atoms with Crippen molar-refractivity contribution in [3.8, 4) is 0 Å². The van der Waals surface area contributed by atoms with Crippen molar-refractivity contribution in [2.45, 2.75) is 32.8 Å². The van der Waals surface area contributed by atoms with Crippen LogP contribution in [0.25, 0.3) is 0 Å². The summed E-state index contributed by atoms with van der Waals surface area (Å²) >= 11 is 0. The van der Waals surface area contributed by atoms with E-state index in [1.54, 1.807) is 0 Å². The topological polar surface area (TPSA) is 72.6 Å². The molecule has 0 aromatic rings. The molecule has 1 heterocycles. The molecule has 0 radical (unpaired) electrons. The molecule has 0 aliphatic carbocycles. The van der Waals surface area contributed by atoms with E-state index in [0.29, 0.717) is 19.5 Å². The van der Waals surface area contributed by atoms with Crippen LogP contribution in [0.1, 0.15) is 27.2 Å². The molecular weight excluding hydrogens is 196 g/mol. The number of amides is 2. The summed E-state index contributed by atoms with van der Waals surface area (Å²) in [4.78, 5) is 24.0. The molecule has 1 aliphatic heterocycles. The van der Waals surface area contributed by atoms with Gasteiger partial charge < -0.3 is 15.4 Å². The number of ether oxygens (including phenoxy) is 1. The Hall–Kier alpha value is -1.26. The van der Waals surface area contributed by atoms with Crippen LogP contribution >= 0.6 is 0 Å². The molecule has 0 aromatic heterocycles. The van der Waals surface area contributed by atoms with E-state index >= 15 is 0 Å². The van der Waals surface area contributed by atoms with Crippen LogP contribution in [0.3, 0.4) is 0 Å². The smallest absolute Gasteiger partial charge is 0.410 e. The minimum Gasteiger partial charge on any atom is -0.444 e. The number of nitrogens with two attached hydrogens (primary N) is 1. The maximum Gasteiger partial charge on any atom is 0.410 e. The molecule has 1 rings (SSSR count). The molecule has 0 aromatic carbocycles. The molecule has 1 fully saturated rings. The third-order valence-electron chi connectivity index (χ3n) is 2.24. The van der Waals surface area contributed by atoms with Crippen LogP contribution < -0.4 is 5.73 Å². The van der Waals surface area contributed by atoms with Crippen molar-refractivity contribution in [1.29, 1.82) is 0 Å². The number of likely N-dealkylation sites (tertiary alicyclic amines) is 1. The third-order valence-corrected chi connectivity index (χ3v) is 2.24. The molecule has 5 nitrogen and oxygen atoms in total. The van der Waals surface area contributed by atoms with Gasteiger partial charge >= 0.3 is 6.09 Å². The van der Waals surface area contributed by atoms with Crippen LogP contribution in [0.15, 0.2) is 0 Å². The molecule has 5 heteroatoms. The van der Waals surface area contributed by atoms with Gasteiger partial charge in [0.05, 0.1) is 5.92 Å².